The molecule has 1 aliphatic heterocycles. The van der Waals surface area contributed by atoms with E-state index in [9.17, 15) is 0 Å². The summed E-state index contributed by atoms with van der Waals surface area (Å²) in [5.41, 5.74) is 2.03. The van der Waals surface area contributed by atoms with E-state index in [-0.39, 0.29) is 0 Å². The highest BCUT2D eigenvalue weighted by Crippen LogP contribution is 2.41. The molecule has 1 aromatic carbocycles. The largest absolute Gasteiger partial charge is 0.253 e. The minimum atomic E-state index is -0.396. The first-order valence-corrected chi connectivity index (χ1v) is 6.85. The molecule has 1 saturated heterocycles. The van der Waals surface area contributed by atoms with Crippen LogP contribution in [0.4, 0.5) is 5.69 Å². The van der Waals surface area contributed by atoms with E-state index < -0.39 is 11.2 Å². The van der Waals surface area contributed by atoms with Crippen molar-refractivity contribution in [2.24, 2.45) is 0 Å². The molecule has 1 aliphatic rings. The fourth-order valence-electron chi connectivity index (χ4n) is 2.15. The fourth-order valence-corrected chi connectivity index (χ4v) is 2.15. The SMILES string of the molecule is Cc1ccc2c(N3OC(C)(C)C(C)(C)O3)cccc2n1. The topological polar surface area (TPSA) is 34.6 Å². The van der Waals surface area contributed by atoms with Gasteiger partial charge in [0.15, 0.2) is 0 Å². The Morgan fingerprint density at radius 3 is 2.25 bits per heavy atom. The normalized spacial score (nSPS) is 20.6. The molecule has 0 radical (unpaired) electrons. The molecule has 20 heavy (non-hydrogen) atoms. The zero-order valence-electron chi connectivity index (χ0n) is 12.6. The number of nitrogens with zero attached hydrogens (tertiary/aromatic N) is 2. The predicted molar refractivity (Wildman–Crippen MR) is 79.3 cm³/mol. The van der Waals surface area contributed by atoms with Crippen LogP contribution in [0.5, 0.6) is 0 Å². The molecule has 4 nitrogen and oxygen atoms in total. The van der Waals surface area contributed by atoms with Crippen molar-refractivity contribution in [3.63, 3.8) is 0 Å². The smallest absolute Gasteiger partial charge is 0.124 e. The molecule has 3 rings (SSSR count). The van der Waals surface area contributed by atoms with Gasteiger partial charge >= 0.3 is 0 Å². The maximum Gasteiger partial charge on any atom is 0.124 e. The fraction of sp³-hybridized carbons (Fsp3) is 0.438. The number of hydrogen-bond donors (Lipinski definition) is 0. The third-order valence-corrected chi connectivity index (χ3v) is 4.12. The van der Waals surface area contributed by atoms with Gasteiger partial charge in [-0.2, -0.15) is 0 Å². The van der Waals surface area contributed by atoms with Gasteiger partial charge in [-0.05, 0) is 58.9 Å². The van der Waals surface area contributed by atoms with E-state index in [1.54, 1.807) is 0 Å². The predicted octanol–water partition coefficient (Wildman–Crippen LogP) is 3.78. The molecule has 0 unspecified atom stereocenters. The number of aryl methyl sites for hydroxylation is 1. The first-order valence-electron chi connectivity index (χ1n) is 6.85. The second-order valence-electron chi connectivity index (χ2n) is 6.26. The summed E-state index contributed by atoms with van der Waals surface area (Å²) in [6, 6.07) is 10.0. The third-order valence-electron chi connectivity index (χ3n) is 4.12. The Bertz CT molecular complexity index is 649. The molecule has 1 aromatic heterocycles. The minimum absolute atomic E-state index is 0.396. The molecule has 0 amide bonds. The first kappa shape index (κ1) is 13.3. The highest BCUT2D eigenvalue weighted by molar-refractivity contribution is 5.91. The molecule has 0 atom stereocenters. The van der Waals surface area contributed by atoms with Crippen LogP contribution in [-0.4, -0.2) is 16.2 Å². The van der Waals surface area contributed by atoms with E-state index in [2.05, 4.69) is 11.1 Å². The van der Waals surface area contributed by atoms with Gasteiger partial charge in [0.2, 0.25) is 0 Å². The summed E-state index contributed by atoms with van der Waals surface area (Å²) < 4.78 is 0. The summed E-state index contributed by atoms with van der Waals surface area (Å²) in [6.07, 6.45) is 0. The Morgan fingerprint density at radius 2 is 1.60 bits per heavy atom. The van der Waals surface area contributed by atoms with Crippen molar-refractivity contribution in [3.05, 3.63) is 36.0 Å². The maximum absolute atomic E-state index is 5.97. The summed E-state index contributed by atoms with van der Waals surface area (Å²) in [4.78, 5) is 16.5. The van der Waals surface area contributed by atoms with Gasteiger partial charge in [-0.3, -0.25) is 4.98 Å². The second kappa shape index (κ2) is 4.17. The molecule has 106 valence electrons. The van der Waals surface area contributed by atoms with E-state index >= 15 is 0 Å². The van der Waals surface area contributed by atoms with Gasteiger partial charge in [-0.15, -0.1) is 5.23 Å². The maximum atomic E-state index is 5.97. The van der Waals surface area contributed by atoms with Gasteiger partial charge < -0.3 is 0 Å². The Morgan fingerprint density at radius 1 is 0.950 bits per heavy atom. The highest BCUT2D eigenvalue weighted by Gasteiger charge is 2.50. The summed E-state index contributed by atoms with van der Waals surface area (Å²) in [5.74, 6) is 0. The lowest BCUT2D eigenvalue weighted by atomic mass is 9.90. The number of hydrogen-bond acceptors (Lipinski definition) is 4. The van der Waals surface area contributed by atoms with E-state index in [4.69, 9.17) is 9.68 Å². The van der Waals surface area contributed by atoms with Crippen LogP contribution in [-0.2, 0) is 9.68 Å². The average molecular weight is 272 g/mol. The van der Waals surface area contributed by atoms with Crippen LogP contribution < -0.4 is 5.23 Å². The summed E-state index contributed by atoms with van der Waals surface area (Å²) in [6.45, 7) is 10.1. The standard InChI is InChI=1S/C16H20N2O2/c1-11-9-10-12-13(17-11)7-6-8-14(12)18-19-15(2,3)16(4,5)20-18/h6-10H,1-5H3. The Labute approximate surface area is 119 Å². The van der Waals surface area contributed by atoms with Crippen LogP contribution >= 0.6 is 0 Å². The van der Waals surface area contributed by atoms with E-state index in [1.807, 2.05) is 58.9 Å². The molecule has 0 aliphatic carbocycles. The van der Waals surface area contributed by atoms with E-state index in [0.717, 1.165) is 22.3 Å². The molecular formula is C16H20N2O2. The van der Waals surface area contributed by atoms with Gasteiger partial charge in [-0.1, -0.05) is 6.07 Å². The lowest BCUT2D eigenvalue weighted by Gasteiger charge is -2.26. The molecule has 4 heteroatoms. The van der Waals surface area contributed by atoms with E-state index in [1.165, 1.54) is 5.23 Å². The molecule has 0 spiro atoms. The molecule has 2 heterocycles. The Hall–Kier alpha value is -1.65. The van der Waals surface area contributed by atoms with Crippen molar-refractivity contribution in [1.29, 1.82) is 0 Å². The van der Waals surface area contributed by atoms with Gasteiger partial charge in [-0.25, -0.2) is 9.68 Å². The summed E-state index contributed by atoms with van der Waals surface area (Å²) >= 11 is 0. The Balaban J connectivity index is 2.08. The number of aromatic nitrogens is 1. The van der Waals surface area contributed by atoms with Crippen molar-refractivity contribution >= 4 is 16.6 Å². The van der Waals surface area contributed by atoms with Gasteiger partial charge in [0, 0.05) is 11.1 Å². The van der Waals surface area contributed by atoms with Crippen molar-refractivity contribution in [3.8, 4) is 0 Å². The molecule has 2 aromatic rings. The minimum Gasteiger partial charge on any atom is -0.253 e. The second-order valence-corrected chi connectivity index (χ2v) is 6.26. The molecule has 0 saturated carbocycles. The van der Waals surface area contributed by atoms with Crippen LogP contribution in [0.3, 0.4) is 0 Å². The molecule has 1 fully saturated rings. The van der Waals surface area contributed by atoms with Gasteiger partial charge in [0.1, 0.15) is 16.9 Å². The molecule has 0 N–H and O–H groups in total. The zero-order chi connectivity index (χ0) is 14.5. The van der Waals surface area contributed by atoms with Crippen molar-refractivity contribution in [2.45, 2.75) is 45.8 Å². The number of pyridine rings is 1. The quantitative estimate of drug-likeness (QED) is 0.791. The van der Waals surface area contributed by atoms with Gasteiger partial charge in [0.05, 0.1) is 5.52 Å². The lowest BCUT2D eigenvalue weighted by molar-refractivity contribution is -0.0266. The number of rotatable bonds is 1. The van der Waals surface area contributed by atoms with Crippen molar-refractivity contribution in [2.75, 3.05) is 5.23 Å². The number of anilines is 1. The summed E-state index contributed by atoms with van der Waals surface area (Å²) in [7, 11) is 0. The van der Waals surface area contributed by atoms with Crippen LogP contribution in [0.1, 0.15) is 33.4 Å². The monoisotopic (exact) mass is 272 g/mol. The van der Waals surface area contributed by atoms with Crippen LogP contribution in [0.15, 0.2) is 30.3 Å². The van der Waals surface area contributed by atoms with Gasteiger partial charge in [0.25, 0.3) is 0 Å². The van der Waals surface area contributed by atoms with Crippen molar-refractivity contribution in [1.82, 2.24) is 4.98 Å². The van der Waals surface area contributed by atoms with Crippen LogP contribution in [0.25, 0.3) is 10.9 Å². The van der Waals surface area contributed by atoms with Crippen LogP contribution in [0.2, 0.25) is 0 Å². The molecule has 0 bridgehead atoms. The highest BCUT2D eigenvalue weighted by atomic mass is 17.0. The first-order chi connectivity index (χ1) is 9.30. The third kappa shape index (κ3) is 1.96. The zero-order valence-corrected chi connectivity index (χ0v) is 12.6. The number of benzene rings is 1. The van der Waals surface area contributed by atoms with E-state index in [0.29, 0.717) is 0 Å². The molecular weight excluding hydrogens is 252 g/mol. The average Bonchev–Trinajstić information content (AvgIpc) is 2.57. The summed E-state index contributed by atoms with van der Waals surface area (Å²) in [5, 5.41) is 2.55. The van der Waals surface area contributed by atoms with Crippen LogP contribution in [0, 0.1) is 6.92 Å². The lowest BCUT2D eigenvalue weighted by Crippen LogP contribution is -2.41. The number of fused-ring (bicyclic) bond motifs is 1. The Kier molecular flexibility index (Phi) is 2.78. The van der Waals surface area contributed by atoms with Crippen molar-refractivity contribution < 1.29 is 9.68 Å².